The SMILES string of the molecule is COc1ccc2c(c1)CCC(C(C[N+](=O)[O-])c1ccccc1)C2=C(C#N)C#N. The third-order valence-electron chi connectivity index (χ3n) is 5.25. The molecule has 6 heteroatoms. The van der Waals surface area contributed by atoms with E-state index in [9.17, 15) is 20.6 Å². The summed E-state index contributed by atoms with van der Waals surface area (Å²) in [5, 5.41) is 30.5. The third kappa shape index (κ3) is 3.72. The van der Waals surface area contributed by atoms with Gasteiger partial charge in [-0.05, 0) is 53.2 Å². The van der Waals surface area contributed by atoms with Crippen molar-refractivity contribution in [3.8, 4) is 17.9 Å². The van der Waals surface area contributed by atoms with E-state index in [1.165, 1.54) is 0 Å². The number of rotatable bonds is 5. The normalized spacial score (nSPS) is 16.2. The molecule has 0 saturated carbocycles. The number of nitrogens with zero attached hydrogens (tertiary/aromatic N) is 3. The molecule has 2 aromatic carbocycles. The Hall–Kier alpha value is -3.64. The predicted octanol–water partition coefficient (Wildman–Crippen LogP) is 4.12. The van der Waals surface area contributed by atoms with E-state index in [-0.39, 0.29) is 23.0 Å². The number of hydrogen-bond acceptors (Lipinski definition) is 5. The molecule has 0 N–H and O–H groups in total. The summed E-state index contributed by atoms with van der Waals surface area (Å²) in [5.74, 6) is -0.00179. The zero-order valence-corrected chi connectivity index (χ0v) is 15.5. The van der Waals surface area contributed by atoms with Crippen molar-refractivity contribution in [3.63, 3.8) is 0 Å². The van der Waals surface area contributed by atoms with Crippen molar-refractivity contribution in [2.45, 2.75) is 18.8 Å². The second-order valence-electron chi connectivity index (χ2n) is 6.71. The molecule has 1 aliphatic carbocycles. The van der Waals surface area contributed by atoms with Crippen LogP contribution < -0.4 is 4.74 Å². The molecule has 0 saturated heterocycles. The molecule has 2 unspecified atom stereocenters. The van der Waals surface area contributed by atoms with E-state index in [2.05, 4.69) is 0 Å². The van der Waals surface area contributed by atoms with Crippen LogP contribution in [0.3, 0.4) is 0 Å². The van der Waals surface area contributed by atoms with Crippen LogP contribution in [0.1, 0.15) is 29.0 Å². The smallest absolute Gasteiger partial charge is 0.211 e. The number of methoxy groups -OCH3 is 1. The van der Waals surface area contributed by atoms with Crippen LogP contribution >= 0.6 is 0 Å². The molecule has 3 rings (SSSR count). The lowest BCUT2D eigenvalue weighted by Gasteiger charge is -2.33. The van der Waals surface area contributed by atoms with E-state index in [0.717, 1.165) is 16.7 Å². The van der Waals surface area contributed by atoms with Gasteiger partial charge in [0.15, 0.2) is 0 Å². The van der Waals surface area contributed by atoms with Crippen molar-refractivity contribution in [1.82, 2.24) is 0 Å². The first-order valence-corrected chi connectivity index (χ1v) is 8.97. The lowest BCUT2D eigenvalue weighted by Crippen LogP contribution is -2.26. The lowest BCUT2D eigenvalue weighted by molar-refractivity contribution is -0.484. The van der Waals surface area contributed by atoms with E-state index < -0.39 is 5.92 Å². The van der Waals surface area contributed by atoms with Crippen molar-refractivity contribution in [2.24, 2.45) is 5.92 Å². The Morgan fingerprint density at radius 1 is 1.25 bits per heavy atom. The standard InChI is InChI=1S/C22H19N3O3/c1-28-18-8-10-19-16(11-18)7-9-20(22(19)17(12-23)13-24)21(14-25(26)27)15-5-3-2-4-6-15/h2-6,8,10-11,20-21H,7,9,14H2,1H3. The van der Waals surface area contributed by atoms with Gasteiger partial charge in [-0.25, -0.2) is 0 Å². The van der Waals surface area contributed by atoms with Crippen molar-refractivity contribution >= 4 is 5.57 Å². The maximum absolute atomic E-state index is 11.4. The van der Waals surface area contributed by atoms with E-state index in [1.54, 1.807) is 13.2 Å². The molecular formula is C22H19N3O3. The van der Waals surface area contributed by atoms with E-state index >= 15 is 0 Å². The minimum atomic E-state index is -0.418. The van der Waals surface area contributed by atoms with Crippen LogP contribution in [0.25, 0.3) is 5.57 Å². The summed E-state index contributed by atoms with van der Waals surface area (Å²) >= 11 is 0. The first-order valence-electron chi connectivity index (χ1n) is 8.97. The molecule has 140 valence electrons. The van der Waals surface area contributed by atoms with Gasteiger partial charge in [-0.15, -0.1) is 0 Å². The monoisotopic (exact) mass is 373 g/mol. The first kappa shape index (κ1) is 19.1. The van der Waals surface area contributed by atoms with Crippen molar-refractivity contribution in [3.05, 3.63) is 80.9 Å². The molecule has 0 aliphatic heterocycles. The Morgan fingerprint density at radius 2 is 1.96 bits per heavy atom. The average Bonchev–Trinajstić information content (AvgIpc) is 2.73. The minimum absolute atomic E-state index is 0.0143. The third-order valence-corrected chi connectivity index (χ3v) is 5.25. The summed E-state index contributed by atoms with van der Waals surface area (Å²) < 4.78 is 5.29. The maximum Gasteiger partial charge on any atom is 0.211 e. The highest BCUT2D eigenvalue weighted by Crippen LogP contribution is 2.45. The van der Waals surface area contributed by atoms with Crippen molar-refractivity contribution < 1.29 is 9.66 Å². The number of benzene rings is 2. The molecule has 0 amide bonds. The molecule has 0 bridgehead atoms. The fourth-order valence-corrected chi connectivity index (χ4v) is 4.02. The molecule has 0 aromatic heterocycles. The van der Waals surface area contributed by atoms with Crippen LogP contribution in [0.5, 0.6) is 5.75 Å². The molecule has 2 atom stereocenters. The Kier molecular flexibility index (Phi) is 5.72. The van der Waals surface area contributed by atoms with Crippen LogP contribution in [0, 0.1) is 38.7 Å². The van der Waals surface area contributed by atoms with Gasteiger partial charge in [-0.1, -0.05) is 36.4 Å². The van der Waals surface area contributed by atoms with Crippen LogP contribution in [0.4, 0.5) is 0 Å². The van der Waals surface area contributed by atoms with Crippen LogP contribution in [-0.2, 0) is 6.42 Å². The van der Waals surface area contributed by atoms with Crippen LogP contribution in [0.2, 0.25) is 0 Å². The average molecular weight is 373 g/mol. The molecule has 1 aliphatic rings. The van der Waals surface area contributed by atoms with E-state index in [1.807, 2.05) is 54.6 Å². The molecule has 28 heavy (non-hydrogen) atoms. The van der Waals surface area contributed by atoms with Gasteiger partial charge in [0.05, 0.1) is 13.0 Å². The highest BCUT2D eigenvalue weighted by atomic mass is 16.6. The Balaban J connectivity index is 2.18. The fourth-order valence-electron chi connectivity index (χ4n) is 4.02. The molecular weight excluding hydrogens is 354 g/mol. The number of hydrogen-bond donors (Lipinski definition) is 0. The summed E-state index contributed by atoms with van der Waals surface area (Å²) in [6, 6.07) is 18.8. The largest absolute Gasteiger partial charge is 0.497 e. The minimum Gasteiger partial charge on any atom is -0.497 e. The van der Waals surface area contributed by atoms with Gasteiger partial charge in [0.25, 0.3) is 0 Å². The first-order chi connectivity index (χ1) is 13.6. The van der Waals surface area contributed by atoms with E-state index in [0.29, 0.717) is 24.2 Å². The van der Waals surface area contributed by atoms with Gasteiger partial charge in [-0.3, -0.25) is 10.1 Å². The Morgan fingerprint density at radius 3 is 2.57 bits per heavy atom. The van der Waals surface area contributed by atoms with Gasteiger partial charge < -0.3 is 4.74 Å². The van der Waals surface area contributed by atoms with Gasteiger partial charge >= 0.3 is 0 Å². The summed E-state index contributed by atoms with van der Waals surface area (Å²) in [4.78, 5) is 11.1. The van der Waals surface area contributed by atoms with Crippen molar-refractivity contribution in [1.29, 1.82) is 10.5 Å². The predicted molar refractivity (Wildman–Crippen MR) is 104 cm³/mol. The van der Waals surface area contributed by atoms with Crippen molar-refractivity contribution in [2.75, 3.05) is 13.7 Å². The molecule has 0 radical (unpaired) electrons. The fraction of sp³-hybridized carbons (Fsp3) is 0.273. The second-order valence-corrected chi connectivity index (χ2v) is 6.71. The quantitative estimate of drug-likeness (QED) is 0.446. The number of allylic oxidation sites excluding steroid dienone is 2. The lowest BCUT2D eigenvalue weighted by atomic mass is 9.70. The topological polar surface area (TPSA) is 99.9 Å². The highest BCUT2D eigenvalue weighted by Gasteiger charge is 2.36. The maximum atomic E-state index is 11.4. The Labute approximate surface area is 163 Å². The zero-order valence-electron chi connectivity index (χ0n) is 15.5. The summed E-state index contributed by atoms with van der Waals surface area (Å²) in [6.45, 7) is -0.256. The van der Waals surface area contributed by atoms with E-state index in [4.69, 9.17) is 4.74 Å². The number of aryl methyl sites for hydroxylation is 1. The summed E-state index contributed by atoms with van der Waals surface area (Å²) in [5.41, 5.74) is 3.25. The molecule has 0 spiro atoms. The zero-order chi connectivity index (χ0) is 20.1. The molecule has 0 fully saturated rings. The van der Waals surface area contributed by atoms with Crippen LogP contribution in [0.15, 0.2) is 54.1 Å². The summed E-state index contributed by atoms with van der Waals surface area (Å²) in [7, 11) is 1.59. The number of nitriles is 2. The number of nitro groups is 1. The number of ether oxygens (including phenoxy) is 1. The van der Waals surface area contributed by atoms with Gasteiger partial charge in [0.1, 0.15) is 23.5 Å². The Bertz CT molecular complexity index is 984. The van der Waals surface area contributed by atoms with Gasteiger partial charge in [-0.2, -0.15) is 10.5 Å². The highest BCUT2D eigenvalue weighted by molar-refractivity contribution is 5.80. The molecule has 6 nitrogen and oxygen atoms in total. The molecule has 0 heterocycles. The summed E-state index contributed by atoms with van der Waals surface area (Å²) in [6.07, 6.45) is 1.32. The molecule has 2 aromatic rings. The van der Waals surface area contributed by atoms with Gasteiger partial charge in [0, 0.05) is 4.92 Å². The second kappa shape index (κ2) is 8.37. The van der Waals surface area contributed by atoms with Gasteiger partial charge in [0.2, 0.25) is 6.54 Å². The van der Waals surface area contributed by atoms with Crippen LogP contribution in [-0.4, -0.2) is 18.6 Å². The number of fused-ring (bicyclic) bond motifs is 1.